The van der Waals surface area contributed by atoms with Crippen molar-refractivity contribution >= 4 is 34.0 Å². The summed E-state index contributed by atoms with van der Waals surface area (Å²) >= 11 is 0. The van der Waals surface area contributed by atoms with Gasteiger partial charge in [0.05, 0.1) is 5.52 Å². The molecule has 1 aliphatic heterocycles. The number of anilines is 4. The van der Waals surface area contributed by atoms with Gasteiger partial charge in [-0.2, -0.15) is 4.98 Å². The Labute approximate surface area is 147 Å². The van der Waals surface area contributed by atoms with Crippen molar-refractivity contribution in [2.75, 3.05) is 49.2 Å². The Morgan fingerprint density at radius 1 is 0.960 bits per heavy atom. The molecule has 6 nitrogen and oxygen atoms in total. The van der Waals surface area contributed by atoms with Crippen LogP contribution in [-0.2, 0) is 0 Å². The fourth-order valence-electron chi connectivity index (χ4n) is 3.04. The molecule has 1 aromatic heterocycles. The number of piperazine rings is 1. The summed E-state index contributed by atoms with van der Waals surface area (Å²) in [4.78, 5) is 14.1. The Kier molecular flexibility index (Phi) is 4.11. The zero-order valence-corrected chi connectivity index (χ0v) is 14.3. The van der Waals surface area contributed by atoms with E-state index < -0.39 is 0 Å². The Morgan fingerprint density at radius 2 is 1.72 bits per heavy atom. The second kappa shape index (κ2) is 6.57. The Balaban J connectivity index is 1.76. The zero-order chi connectivity index (χ0) is 17.2. The molecular formula is C19H22N6. The normalized spacial score (nSPS) is 15.5. The van der Waals surface area contributed by atoms with Gasteiger partial charge in [0.1, 0.15) is 5.82 Å². The van der Waals surface area contributed by atoms with Crippen LogP contribution in [0.2, 0.25) is 0 Å². The van der Waals surface area contributed by atoms with Crippen LogP contribution in [0.1, 0.15) is 0 Å². The topological polar surface area (TPSA) is 70.3 Å². The first-order valence-corrected chi connectivity index (χ1v) is 8.52. The van der Waals surface area contributed by atoms with Crippen LogP contribution in [0.15, 0.2) is 48.5 Å². The molecule has 6 heteroatoms. The third kappa shape index (κ3) is 3.34. The standard InChI is InChI=1S/C19H22N6/c1-24-9-11-25(12-10-24)19-22-17-13-14(20)7-8-16(17)18(23-19)21-15-5-3-2-4-6-15/h2-8,13H,9-12,20H2,1H3,(H,21,22,23). The fraction of sp³-hybridized carbons (Fsp3) is 0.263. The van der Waals surface area contributed by atoms with Crippen LogP contribution in [0, 0.1) is 0 Å². The van der Waals surface area contributed by atoms with Crippen LogP contribution >= 0.6 is 0 Å². The smallest absolute Gasteiger partial charge is 0.227 e. The number of rotatable bonds is 3. The zero-order valence-electron chi connectivity index (χ0n) is 14.3. The lowest BCUT2D eigenvalue weighted by Crippen LogP contribution is -2.45. The van der Waals surface area contributed by atoms with Crippen molar-refractivity contribution in [3.8, 4) is 0 Å². The maximum Gasteiger partial charge on any atom is 0.227 e. The quantitative estimate of drug-likeness (QED) is 0.718. The molecule has 1 fully saturated rings. The predicted octanol–water partition coefficient (Wildman–Crippen LogP) is 2.71. The third-order valence-electron chi connectivity index (χ3n) is 4.53. The van der Waals surface area contributed by atoms with Gasteiger partial charge in [-0.3, -0.25) is 0 Å². The molecule has 4 rings (SSSR count). The molecule has 0 unspecified atom stereocenters. The highest BCUT2D eigenvalue weighted by Crippen LogP contribution is 2.28. The van der Waals surface area contributed by atoms with Gasteiger partial charge in [-0.1, -0.05) is 18.2 Å². The van der Waals surface area contributed by atoms with Crippen LogP contribution in [0.25, 0.3) is 10.9 Å². The summed E-state index contributed by atoms with van der Waals surface area (Å²) in [5.41, 5.74) is 8.55. The number of fused-ring (bicyclic) bond motifs is 1. The highest BCUT2D eigenvalue weighted by atomic mass is 15.3. The minimum absolute atomic E-state index is 0.709. The van der Waals surface area contributed by atoms with Crippen LogP contribution in [0.5, 0.6) is 0 Å². The van der Waals surface area contributed by atoms with Crippen molar-refractivity contribution in [2.24, 2.45) is 0 Å². The number of hydrogen-bond acceptors (Lipinski definition) is 6. The molecule has 0 amide bonds. The van der Waals surface area contributed by atoms with E-state index in [1.165, 1.54) is 0 Å². The average molecular weight is 334 g/mol. The van der Waals surface area contributed by atoms with Gasteiger partial charge in [0.15, 0.2) is 0 Å². The molecule has 1 saturated heterocycles. The first-order valence-electron chi connectivity index (χ1n) is 8.52. The van der Waals surface area contributed by atoms with Crippen LogP contribution in [0.4, 0.5) is 23.1 Å². The van der Waals surface area contributed by atoms with Crippen molar-refractivity contribution in [1.29, 1.82) is 0 Å². The molecule has 0 aliphatic carbocycles. The van der Waals surface area contributed by atoms with Crippen molar-refractivity contribution in [2.45, 2.75) is 0 Å². The first kappa shape index (κ1) is 15.7. The maximum atomic E-state index is 5.97. The highest BCUT2D eigenvalue weighted by Gasteiger charge is 2.18. The molecule has 0 radical (unpaired) electrons. The summed E-state index contributed by atoms with van der Waals surface area (Å²) in [7, 11) is 2.14. The molecule has 0 saturated carbocycles. The average Bonchev–Trinajstić information content (AvgIpc) is 2.62. The summed E-state index contributed by atoms with van der Waals surface area (Å²) in [6, 6.07) is 15.8. The minimum atomic E-state index is 0.709. The first-order chi connectivity index (χ1) is 12.2. The second-order valence-corrected chi connectivity index (χ2v) is 6.43. The molecule has 2 heterocycles. The van der Waals surface area contributed by atoms with Gasteiger partial charge in [0, 0.05) is 42.9 Å². The molecule has 128 valence electrons. The highest BCUT2D eigenvalue weighted by molar-refractivity contribution is 5.93. The Morgan fingerprint density at radius 3 is 2.48 bits per heavy atom. The number of nitrogen functional groups attached to an aromatic ring is 1. The van der Waals surface area contributed by atoms with E-state index in [4.69, 9.17) is 15.7 Å². The van der Waals surface area contributed by atoms with Crippen LogP contribution < -0.4 is 16.0 Å². The number of para-hydroxylation sites is 1. The molecule has 0 spiro atoms. The van der Waals surface area contributed by atoms with Crippen molar-refractivity contribution in [3.63, 3.8) is 0 Å². The second-order valence-electron chi connectivity index (χ2n) is 6.43. The molecule has 3 N–H and O–H groups in total. The lowest BCUT2D eigenvalue weighted by Gasteiger charge is -2.32. The largest absolute Gasteiger partial charge is 0.399 e. The maximum absolute atomic E-state index is 5.97. The summed E-state index contributed by atoms with van der Waals surface area (Å²) in [5.74, 6) is 1.56. The van der Waals surface area contributed by atoms with E-state index in [1.54, 1.807) is 0 Å². The fourth-order valence-corrected chi connectivity index (χ4v) is 3.04. The molecule has 1 aliphatic rings. The summed E-state index contributed by atoms with van der Waals surface area (Å²) < 4.78 is 0. The van der Waals surface area contributed by atoms with Gasteiger partial charge in [-0.25, -0.2) is 4.98 Å². The molecule has 2 aromatic carbocycles. The van der Waals surface area contributed by atoms with E-state index in [0.29, 0.717) is 5.69 Å². The molecule has 25 heavy (non-hydrogen) atoms. The number of nitrogens with one attached hydrogen (secondary N) is 1. The number of benzene rings is 2. The van der Waals surface area contributed by atoms with E-state index in [0.717, 1.165) is 54.5 Å². The van der Waals surface area contributed by atoms with E-state index in [9.17, 15) is 0 Å². The van der Waals surface area contributed by atoms with E-state index >= 15 is 0 Å². The van der Waals surface area contributed by atoms with E-state index in [1.807, 2.05) is 48.5 Å². The summed E-state index contributed by atoms with van der Waals surface area (Å²) in [6.07, 6.45) is 0. The summed E-state index contributed by atoms with van der Waals surface area (Å²) in [5, 5.41) is 4.39. The van der Waals surface area contributed by atoms with Crippen LogP contribution in [0.3, 0.4) is 0 Å². The number of nitrogens with two attached hydrogens (primary N) is 1. The van der Waals surface area contributed by atoms with Gasteiger partial charge >= 0.3 is 0 Å². The monoisotopic (exact) mass is 334 g/mol. The van der Waals surface area contributed by atoms with Gasteiger partial charge < -0.3 is 20.9 Å². The third-order valence-corrected chi connectivity index (χ3v) is 4.53. The molecule has 3 aromatic rings. The van der Waals surface area contributed by atoms with Gasteiger partial charge in [0.2, 0.25) is 5.95 Å². The lowest BCUT2D eigenvalue weighted by molar-refractivity contribution is 0.311. The van der Waals surface area contributed by atoms with Crippen molar-refractivity contribution in [3.05, 3.63) is 48.5 Å². The van der Waals surface area contributed by atoms with Gasteiger partial charge in [0.25, 0.3) is 0 Å². The van der Waals surface area contributed by atoms with Crippen molar-refractivity contribution < 1.29 is 0 Å². The Hall–Kier alpha value is -2.86. The molecular weight excluding hydrogens is 312 g/mol. The predicted molar refractivity (Wildman–Crippen MR) is 103 cm³/mol. The van der Waals surface area contributed by atoms with Gasteiger partial charge in [-0.05, 0) is 37.4 Å². The molecule has 0 atom stereocenters. The summed E-state index contributed by atoms with van der Waals surface area (Å²) in [6.45, 7) is 3.88. The minimum Gasteiger partial charge on any atom is -0.399 e. The SMILES string of the molecule is CN1CCN(c2nc(Nc3ccccc3)c3ccc(N)cc3n2)CC1. The van der Waals surface area contributed by atoms with E-state index in [2.05, 4.69) is 22.2 Å². The van der Waals surface area contributed by atoms with Gasteiger partial charge in [-0.15, -0.1) is 0 Å². The number of nitrogens with zero attached hydrogens (tertiary/aromatic N) is 4. The van der Waals surface area contributed by atoms with Crippen LogP contribution in [-0.4, -0.2) is 48.1 Å². The van der Waals surface area contributed by atoms with E-state index in [-0.39, 0.29) is 0 Å². The number of hydrogen-bond donors (Lipinski definition) is 2. The number of aromatic nitrogens is 2. The lowest BCUT2D eigenvalue weighted by atomic mass is 10.2. The Bertz CT molecular complexity index is 872. The number of likely N-dealkylation sites (N-methyl/N-ethyl adjacent to an activating group) is 1. The molecule has 0 bridgehead atoms. The van der Waals surface area contributed by atoms with Crippen molar-refractivity contribution in [1.82, 2.24) is 14.9 Å².